The molecular weight excluding hydrogens is 363 g/mol. The van der Waals surface area contributed by atoms with E-state index in [9.17, 15) is 17.6 Å². The molecule has 1 aliphatic rings. The lowest BCUT2D eigenvalue weighted by molar-refractivity contribution is 0.0738. The maximum Gasteiger partial charge on any atom is 0.257 e. The second-order valence-electron chi connectivity index (χ2n) is 5.04. The molecular formula is C13H16BrFN2O3S. The maximum atomic E-state index is 14.0. The largest absolute Gasteiger partial charge is 0.336 e. The molecule has 2 N–H and O–H groups in total. The number of amides is 1. The maximum absolute atomic E-state index is 14.0. The van der Waals surface area contributed by atoms with Crippen LogP contribution in [-0.4, -0.2) is 31.8 Å². The Morgan fingerprint density at radius 1 is 1.48 bits per heavy atom. The van der Waals surface area contributed by atoms with E-state index in [1.54, 1.807) is 4.90 Å². The van der Waals surface area contributed by atoms with Crippen molar-refractivity contribution in [2.75, 3.05) is 6.54 Å². The number of sulfonamides is 1. The van der Waals surface area contributed by atoms with Crippen molar-refractivity contribution in [2.45, 2.75) is 37.1 Å². The average Bonchev–Trinajstić information content (AvgIpc) is 3.17. The van der Waals surface area contributed by atoms with Crippen molar-refractivity contribution < 1.29 is 17.6 Å². The van der Waals surface area contributed by atoms with Gasteiger partial charge in [0.15, 0.2) is 0 Å². The van der Waals surface area contributed by atoms with Gasteiger partial charge < -0.3 is 4.90 Å². The predicted octanol–water partition coefficient (Wildman–Crippen LogP) is 2.25. The van der Waals surface area contributed by atoms with E-state index in [4.69, 9.17) is 5.14 Å². The van der Waals surface area contributed by atoms with E-state index in [2.05, 4.69) is 15.9 Å². The first-order valence-electron chi connectivity index (χ1n) is 6.58. The number of hydrogen-bond acceptors (Lipinski definition) is 3. The van der Waals surface area contributed by atoms with E-state index in [1.807, 2.05) is 6.92 Å². The summed E-state index contributed by atoms with van der Waals surface area (Å²) in [4.78, 5) is 13.8. The van der Waals surface area contributed by atoms with Crippen molar-refractivity contribution in [3.63, 3.8) is 0 Å². The Morgan fingerprint density at radius 2 is 2.10 bits per heavy atom. The number of carbonyl (C=O) groups excluding carboxylic acids is 1. The molecule has 0 spiro atoms. The number of rotatable bonds is 5. The fourth-order valence-electron chi connectivity index (χ4n) is 2.14. The summed E-state index contributed by atoms with van der Waals surface area (Å²) in [5.41, 5.74) is -0.262. The first-order chi connectivity index (χ1) is 9.75. The molecule has 0 aliphatic heterocycles. The average molecular weight is 379 g/mol. The van der Waals surface area contributed by atoms with Crippen LogP contribution in [0.2, 0.25) is 0 Å². The van der Waals surface area contributed by atoms with Crippen LogP contribution >= 0.6 is 15.9 Å². The Labute approximate surface area is 131 Å². The lowest BCUT2D eigenvalue weighted by Crippen LogP contribution is -2.34. The molecule has 0 radical (unpaired) electrons. The summed E-state index contributed by atoms with van der Waals surface area (Å²) in [6.07, 6.45) is 2.54. The summed E-state index contributed by atoms with van der Waals surface area (Å²) in [5.74, 6) is -1.25. The Kier molecular flexibility index (Phi) is 4.69. The summed E-state index contributed by atoms with van der Waals surface area (Å²) >= 11 is 2.95. The lowest BCUT2D eigenvalue weighted by atomic mass is 10.1. The van der Waals surface area contributed by atoms with Crippen LogP contribution in [0.1, 0.15) is 36.5 Å². The number of hydrogen-bond donors (Lipinski definition) is 1. The van der Waals surface area contributed by atoms with Gasteiger partial charge >= 0.3 is 0 Å². The van der Waals surface area contributed by atoms with Gasteiger partial charge in [0.1, 0.15) is 5.82 Å². The predicted molar refractivity (Wildman–Crippen MR) is 79.8 cm³/mol. The topological polar surface area (TPSA) is 80.5 Å². The van der Waals surface area contributed by atoms with Gasteiger partial charge in [-0.15, -0.1) is 0 Å². The molecule has 116 valence electrons. The number of halogens is 2. The molecule has 21 heavy (non-hydrogen) atoms. The van der Waals surface area contributed by atoms with Gasteiger partial charge in [-0.2, -0.15) is 0 Å². The number of carbonyl (C=O) groups is 1. The van der Waals surface area contributed by atoms with E-state index < -0.39 is 21.7 Å². The van der Waals surface area contributed by atoms with E-state index in [-0.39, 0.29) is 21.0 Å². The molecule has 1 aliphatic carbocycles. The van der Waals surface area contributed by atoms with Crippen molar-refractivity contribution in [3.8, 4) is 0 Å². The Balaban J connectivity index is 2.45. The SMILES string of the molecule is CCCN(C(=O)c1cc(S(N)(=O)=O)c(Br)cc1F)C1CC1. The van der Waals surface area contributed by atoms with Gasteiger partial charge in [-0.25, -0.2) is 17.9 Å². The number of nitrogens with zero attached hydrogens (tertiary/aromatic N) is 1. The third-order valence-corrected chi connectivity index (χ3v) is 5.14. The van der Waals surface area contributed by atoms with Crippen LogP contribution in [0.15, 0.2) is 21.5 Å². The van der Waals surface area contributed by atoms with Crippen molar-refractivity contribution in [1.82, 2.24) is 4.90 Å². The van der Waals surface area contributed by atoms with Gasteiger partial charge in [0.2, 0.25) is 10.0 Å². The van der Waals surface area contributed by atoms with Crippen molar-refractivity contribution >= 4 is 31.9 Å². The first-order valence-corrected chi connectivity index (χ1v) is 8.92. The molecule has 1 amide bonds. The van der Waals surface area contributed by atoms with Gasteiger partial charge in [0.25, 0.3) is 5.91 Å². The van der Waals surface area contributed by atoms with Crippen LogP contribution in [0.3, 0.4) is 0 Å². The highest BCUT2D eigenvalue weighted by Gasteiger charge is 2.34. The summed E-state index contributed by atoms with van der Waals surface area (Å²) in [5, 5.41) is 5.08. The molecule has 0 aromatic heterocycles. The van der Waals surface area contributed by atoms with E-state index in [0.717, 1.165) is 31.4 Å². The van der Waals surface area contributed by atoms with E-state index in [1.165, 1.54) is 0 Å². The Bertz CT molecular complexity index is 674. The summed E-state index contributed by atoms with van der Waals surface area (Å²) in [6.45, 7) is 2.44. The van der Waals surface area contributed by atoms with Gasteiger partial charge in [-0.1, -0.05) is 6.92 Å². The number of primary sulfonamides is 1. The zero-order valence-corrected chi connectivity index (χ0v) is 13.9. The number of benzene rings is 1. The second kappa shape index (κ2) is 6.02. The molecule has 0 atom stereocenters. The summed E-state index contributed by atoms with van der Waals surface area (Å²) in [7, 11) is -4.03. The van der Waals surface area contributed by atoms with E-state index in [0.29, 0.717) is 6.54 Å². The van der Waals surface area contributed by atoms with E-state index >= 15 is 0 Å². The van der Waals surface area contributed by atoms with Crippen LogP contribution in [0.25, 0.3) is 0 Å². The highest BCUT2D eigenvalue weighted by Crippen LogP contribution is 2.31. The van der Waals surface area contributed by atoms with Crippen LogP contribution in [-0.2, 0) is 10.0 Å². The van der Waals surface area contributed by atoms with Crippen LogP contribution in [0.5, 0.6) is 0 Å². The summed E-state index contributed by atoms with van der Waals surface area (Å²) in [6, 6.07) is 2.09. The highest BCUT2D eigenvalue weighted by molar-refractivity contribution is 9.10. The molecule has 1 saturated carbocycles. The smallest absolute Gasteiger partial charge is 0.257 e. The first kappa shape index (κ1) is 16.4. The minimum absolute atomic E-state index is 0.00696. The Morgan fingerprint density at radius 3 is 2.57 bits per heavy atom. The van der Waals surface area contributed by atoms with Crippen molar-refractivity contribution in [2.24, 2.45) is 5.14 Å². The molecule has 1 aromatic rings. The minimum atomic E-state index is -4.03. The lowest BCUT2D eigenvalue weighted by Gasteiger charge is -2.22. The standard InChI is InChI=1S/C13H16BrFN2O3S/c1-2-5-17(8-3-4-8)13(18)9-6-12(21(16,19)20)10(14)7-11(9)15/h6-8H,2-5H2,1H3,(H2,16,19,20). The Hall–Kier alpha value is -0.990. The zero-order chi connectivity index (χ0) is 15.8. The van der Waals surface area contributed by atoms with Crippen LogP contribution < -0.4 is 5.14 Å². The van der Waals surface area contributed by atoms with Gasteiger partial charge in [-0.05, 0) is 47.3 Å². The minimum Gasteiger partial charge on any atom is -0.336 e. The van der Waals surface area contributed by atoms with Gasteiger partial charge in [0, 0.05) is 17.1 Å². The molecule has 0 saturated heterocycles. The molecule has 0 bridgehead atoms. The fraction of sp³-hybridized carbons (Fsp3) is 0.462. The van der Waals surface area contributed by atoms with Crippen LogP contribution in [0, 0.1) is 5.82 Å². The van der Waals surface area contributed by atoms with Crippen molar-refractivity contribution in [1.29, 1.82) is 0 Å². The molecule has 1 aromatic carbocycles. The molecule has 5 nitrogen and oxygen atoms in total. The monoisotopic (exact) mass is 378 g/mol. The molecule has 1 fully saturated rings. The second-order valence-corrected chi connectivity index (χ2v) is 7.42. The van der Waals surface area contributed by atoms with Gasteiger partial charge in [-0.3, -0.25) is 4.79 Å². The molecule has 8 heteroatoms. The molecule has 0 unspecified atom stereocenters. The zero-order valence-electron chi connectivity index (χ0n) is 11.5. The quantitative estimate of drug-likeness (QED) is 0.852. The number of nitrogens with two attached hydrogens (primary N) is 1. The molecule has 2 rings (SSSR count). The third-order valence-electron chi connectivity index (χ3n) is 3.27. The third kappa shape index (κ3) is 3.61. The normalized spacial score (nSPS) is 15.0. The van der Waals surface area contributed by atoms with Crippen LogP contribution in [0.4, 0.5) is 4.39 Å². The summed E-state index contributed by atoms with van der Waals surface area (Å²) < 4.78 is 37.0. The van der Waals surface area contributed by atoms with Gasteiger partial charge in [0.05, 0.1) is 10.5 Å². The molecule has 0 heterocycles. The highest BCUT2D eigenvalue weighted by atomic mass is 79.9. The fourth-order valence-corrected chi connectivity index (χ4v) is 3.75. The van der Waals surface area contributed by atoms with Crippen molar-refractivity contribution in [3.05, 3.63) is 28.0 Å².